The number of aromatic nitrogens is 2. The van der Waals surface area contributed by atoms with E-state index >= 15 is 0 Å². The standard InChI is InChI=1S/C22H25ClN4O2S/c23-17-6-2-4-8-19(17)25-9-11-26(12-10-25)20(28)13-15-14-30-22-24-18-7-3-1-5-16(18)21(29)27(15)22/h2,4,6,8,15H,1,3,5,7,9-14H2. The van der Waals surface area contributed by atoms with Gasteiger partial charge < -0.3 is 9.80 Å². The van der Waals surface area contributed by atoms with Crippen LogP contribution in [0.1, 0.15) is 36.6 Å². The second kappa shape index (κ2) is 8.27. The van der Waals surface area contributed by atoms with Crippen molar-refractivity contribution in [3.8, 4) is 0 Å². The summed E-state index contributed by atoms with van der Waals surface area (Å²) in [4.78, 5) is 35.0. The minimum Gasteiger partial charge on any atom is -0.367 e. The Hall–Kier alpha value is -1.99. The molecule has 5 rings (SSSR count). The lowest BCUT2D eigenvalue weighted by Crippen LogP contribution is -2.49. The van der Waals surface area contributed by atoms with E-state index in [1.807, 2.05) is 29.2 Å². The molecule has 0 N–H and O–H groups in total. The number of aryl methyl sites for hydroxylation is 1. The van der Waals surface area contributed by atoms with Crippen LogP contribution in [0, 0.1) is 0 Å². The van der Waals surface area contributed by atoms with Gasteiger partial charge in [0.15, 0.2) is 5.16 Å². The zero-order valence-corrected chi connectivity index (χ0v) is 18.4. The molecule has 1 saturated heterocycles. The van der Waals surface area contributed by atoms with Gasteiger partial charge in [-0.2, -0.15) is 0 Å². The molecule has 1 atom stereocenters. The molecule has 1 aliphatic carbocycles. The number of hydrogen-bond donors (Lipinski definition) is 0. The fourth-order valence-electron chi connectivity index (χ4n) is 4.70. The van der Waals surface area contributed by atoms with Crippen LogP contribution < -0.4 is 10.5 Å². The maximum atomic E-state index is 13.1. The van der Waals surface area contributed by atoms with E-state index in [-0.39, 0.29) is 17.5 Å². The van der Waals surface area contributed by atoms with Gasteiger partial charge in [-0.15, -0.1) is 0 Å². The van der Waals surface area contributed by atoms with Crippen LogP contribution in [0.5, 0.6) is 0 Å². The average molecular weight is 445 g/mol. The van der Waals surface area contributed by atoms with Gasteiger partial charge in [0, 0.05) is 43.9 Å². The molecule has 3 heterocycles. The van der Waals surface area contributed by atoms with Gasteiger partial charge in [-0.3, -0.25) is 14.2 Å². The quantitative estimate of drug-likeness (QED) is 0.680. The molecule has 1 aromatic carbocycles. The van der Waals surface area contributed by atoms with E-state index in [1.54, 1.807) is 16.3 Å². The van der Waals surface area contributed by atoms with Crippen molar-refractivity contribution in [1.29, 1.82) is 0 Å². The highest BCUT2D eigenvalue weighted by Gasteiger charge is 2.32. The number of carbonyl (C=O) groups excluding carboxylic acids is 1. The molecular formula is C22H25ClN4O2S. The van der Waals surface area contributed by atoms with Crippen LogP contribution in [-0.2, 0) is 17.6 Å². The lowest BCUT2D eigenvalue weighted by Gasteiger charge is -2.37. The third-order valence-electron chi connectivity index (χ3n) is 6.36. The number of nitrogens with zero attached hydrogens (tertiary/aromatic N) is 4. The second-order valence-electron chi connectivity index (χ2n) is 8.19. The van der Waals surface area contributed by atoms with E-state index in [1.165, 1.54) is 0 Å². The van der Waals surface area contributed by atoms with Crippen LogP contribution in [0.4, 0.5) is 5.69 Å². The molecule has 0 spiro atoms. The van der Waals surface area contributed by atoms with E-state index in [0.717, 1.165) is 71.6 Å². The number of para-hydroxylation sites is 1. The highest BCUT2D eigenvalue weighted by molar-refractivity contribution is 7.99. The number of carbonyl (C=O) groups is 1. The lowest BCUT2D eigenvalue weighted by molar-refractivity contribution is -0.132. The van der Waals surface area contributed by atoms with Crippen molar-refractivity contribution in [3.63, 3.8) is 0 Å². The Morgan fingerprint density at radius 1 is 1.13 bits per heavy atom. The van der Waals surface area contributed by atoms with Crippen LogP contribution in [0.2, 0.25) is 5.02 Å². The smallest absolute Gasteiger partial charge is 0.257 e. The summed E-state index contributed by atoms with van der Waals surface area (Å²) in [5.74, 6) is 0.869. The molecule has 6 nitrogen and oxygen atoms in total. The summed E-state index contributed by atoms with van der Waals surface area (Å²) in [6.45, 7) is 2.88. The molecule has 0 bridgehead atoms. The summed E-state index contributed by atoms with van der Waals surface area (Å²) in [5, 5.41) is 1.54. The summed E-state index contributed by atoms with van der Waals surface area (Å²) in [5.41, 5.74) is 2.96. The normalized spacial score (nSPS) is 20.8. The monoisotopic (exact) mass is 444 g/mol. The molecule has 1 fully saturated rings. The Balaban J connectivity index is 1.26. The van der Waals surface area contributed by atoms with Crippen LogP contribution in [0.25, 0.3) is 0 Å². The van der Waals surface area contributed by atoms with Gasteiger partial charge in [0.1, 0.15) is 0 Å². The van der Waals surface area contributed by atoms with Crippen molar-refractivity contribution in [2.24, 2.45) is 0 Å². The SMILES string of the molecule is O=C(CC1CSc2nc3c(c(=O)n21)CCCC3)N1CCN(c2ccccc2Cl)CC1. The van der Waals surface area contributed by atoms with Crippen molar-refractivity contribution >= 4 is 35.0 Å². The first-order chi connectivity index (χ1) is 14.6. The van der Waals surface area contributed by atoms with Crippen LogP contribution in [0.15, 0.2) is 34.2 Å². The summed E-state index contributed by atoms with van der Waals surface area (Å²) >= 11 is 7.93. The van der Waals surface area contributed by atoms with E-state index in [2.05, 4.69) is 4.90 Å². The van der Waals surface area contributed by atoms with Crippen molar-refractivity contribution in [1.82, 2.24) is 14.5 Å². The number of fused-ring (bicyclic) bond motifs is 2. The first-order valence-corrected chi connectivity index (χ1v) is 12.0. The Morgan fingerprint density at radius 2 is 1.90 bits per heavy atom. The maximum Gasteiger partial charge on any atom is 0.257 e. The maximum absolute atomic E-state index is 13.1. The molecule has 0 saturated carbocycles. The fourth-order valence-corrected chi connectivity index (χ4v) is 6.11. The van der Waals surface area contributed by atoms with Gasteiger partial charge in [-0.25, -0.2) is 4.98 Å². The molecule has 0 radical (unpaired) electrons. The van der Waals surface area contributed by atoms with E-state index in [9.17, 15) is 9.59 Å². The minimum absolute atomic E-state index is 0.0843. The third kappa shape index (κ3) is 3.62. The number of hydrogen-bond acceptors (Lipinski definition) is 5. The Kier molecular flexibility index (Phi) is 5.50. The zero-order chi connectivity index (χ0) is 20.7. The van der Waals surface area contributed by atoms with Crippen LogP contribution in [-0.4, -0.2) is 52.3 Å². The van der Waals surface area contributed by atoms with Gasteiger partial charge in [-0.05, 0) is 37.8 Å². The number of piperazine rings is 1. The fraction of sp³-hybridized carbons (Fsp3) is 0.500. The van der Waals surface area contributed by atoms with E-state index in [0.29, 0.717) is 19.5 Å². The van der Waals surface area contributed by atoms with Crippen LogP contribution in [0.3, 0.4) is 0 Å². The summed E-state index contributed by atoms with van der Waals surface area (Å²) in [7, 11) is 0. The van der Waals surface area contributed by atoms with Gasteiger partial charge in [-0.1, -0.05) is 35.5 Å². The molecule has 2 aliphatic heterocycles. The van der Waals surface area contributed by atoms with Crippen molar-refractivity contribution in [2.45, 2.75) is 43.3 Å². The molecule has 3 aliphatic rings. The minimum atomic E-state index is -0.0914. The molecule has 30 heavy (non-hydrogen) atoms. The van der Waals surface area contributed by atoms with Crippen LogP contribution >= 0.6 is 23.4 Å². The largest absolute Gasteiger partial charge is 0.367 e. The predicted molar refractivity (Wildman–Crippen MR) is 120 cm³/mol. The molecule has 1 amide bonds. The zero-order valence-electron chi connectivity index (χ0n) is 16.8. The first kappa shape index (κ1) is 19.9. The van der Waals surface area contributed by atoms with Gasteiger partial charge >= 0.3 is 0 Å². The molecule has 1 aromatic heterocycles. The lowest BCUT2D eigenvalue weighted by atomic mass is 9.97. The number of rotatable bonds is 3. The number of thioether (sulfide) groups is 1. The summed E-state index contributed by atoms with van der Waals surface area (Å²) in [6.07, 6.45) is 4.24. The van der Waals surface area contributed by atoms with Crippen molar-refractivity contribution in [3.05, 3.63) is 50.9 Å². The number of anilines is 1. The van der Waals surface area contributed by atoms with E-state index < -0.39 is 0 Å². The first-order valence-electron chi connectivity index (χ1n) is 10.7. The number of halogens is 1. The summed E-state index contributed by atoms with van der Waals surface area (Å²) < 4.78 is 1.80. The predicted octanol–water partition coefficient (Wildman–Crippen LogP) is 3.16. The number of amides is 1. The van der Waals surface area contributed by atoms with E-state index in [4.69, 9.17) is 16.6 Å². The Labute approximate surface area is 185 Å². The second-order valence-corrected chi connectivity index (χ2v) is 9.58. The topological polar surface area (TPSA) is 58.4 Å². The van der Waals surface area contributed by atoms with Gasteiger partial charge in [0.25, 0.3) is 5.56 Å². The van der Waals surface area contributed by atoms with Gasteiger partial charge in [0.2, 0.25) is 5.91 Å². The Morgan fingerprint density at radius 3 is 2.70 bits per heavy atom. The highest BCUT2D eigenvalue weighted by Crippen LogP contribution is 2.34. The molecule has 158 valence electrons. The van der Waals surface area contributed by atoms with Crippen molar-refractivity contribution < 1.29 is 4.79 Å². The third-order valence-corrected chi connectivity index (χ3v) is 7.78. The molecule has 8 heteroatoms. The highest BCUT2D eigenvalue weighted by atomic mass is 35.5. The molecule has 2 aromatic rings. The van der Waals surface area contributed by atoms with Crippen molar-refractivity contribution in [2.75, 3.05) is 36.8 Å². The van der Waals surface area contributed by atoms with Gasteiger partial charge in [0.05, 0.1) is 22.4 Å². The molecular weight excluding hydrogens is 420 g/mol. The Bertz CT molecular complexity index is 1030. The molecule has 1 unspecified atom stereocenters. The number of benzene rings is 1. The summed E-state index contributed by atoms with van der Waals surface area (Å²) in [6, 6.07) is 7.74. The average Bonchev–Trinajstić information content (AvgIpc) is 3.17.